The number of thioether (sulfide) groups is 1. The van der Waals surface area contributed by atoms with E-state index in [1.807, 2.05) is 127 Å². The van der Waals surface area contributed by atoms with Gasteiger partial charge in [0, 0.05) is 41.0 Å². The van der Waals surface area contributed by atoms with Crippen molar-refractivity contribution < 1.29 is 33.3 Å². The molecule has 0 spiro atoms. The number of carbonyl (C=O) groups is 2. The van der Waals surface area contributed by atoms with Crippen LogP contribution in [0.4, 0.5) is 10.5 Å². The van der Waals surface area contributed by atoms with Crippen LogP contribution in [0.3, 0.4) is 0 Å². The summed E-state index contributed by atoms with van der Waals surface area (Å²) in [6.45, 7) is -0.0527. The van der Waals surface area contributed by atoms with Gasteiger partial charge in [-0.2, -0.15) is 0 Å². The number of methoxy groups -OCH3 is 1. The molecule has 7 rings (SSSR count). The summed E-state index contributed by atoms with van der Waals surface area (Å²) in [6, 6.07) is 42.8. The zero-order valence-electron chi connectivity index (χ0n) is 30.2. The van der Waals surface area contributed by atoms with Crippen molar-refractivity contribution in [3.63, 3.8) is 0 Å². The van der Waals surface area contributed by atoms with Gasteiger partial charge in [0.05, 0.1) is 25.9 Å². The van der Waals surface area contributed by atoms with Crippen LogP contribution in [0.25, 0.3) is 22.6 Å². The highest BCUT2D eigenvalue weighted by molar-refractivity contribution is 7.99. The average Bonchev–Trinajstić information content (AvgIpc) is 3.68. The molecule has 2 amide bonds. The number of urea groups is 1. The number of hydrogen-bond donors (Lipinski definition) is 3. The molecule has 1 aliphatic heterocycles. The van der Waals surface area contributed by atoms with Crippen molar-refractivity contribution in [3.05, 3.63) is 162 Å². The van der Waals surface area contributed by atoms with Crippen molar-refractivity contribution in [1.29, 1.82) is 0 Å². The molecule has 55 heavy (non-hydrogen) atoms. The Morgan fingerprint density at radius 2 is 1.51 bits per heavy atom. The summed E-state index contributed by atoms with van der Waals surface area (Å²) in [5.74, 6) is 0.689. The molecule has 4 atom stereocenters. The lowest BCUT2D eigenvalue weighted by molar-refractivity contribution is -0.245. The molecular weight excluding hydrogens is 715 g/mol. The van der Waals surface area contributed by atoms with E-state index >= 15 is 0 Å². The highest BCUT2D eigenvalue weighted by Crippen LogP contribution is 2.41. The van der Waals surface area contributed by atoms with Gasteiger partial charge >= 0.3 is 12.0 Å². The topological polar surface area (TPSA) is 132 Å². The predicted molar refractivity (Wildman–Crippen MR) is 211 cm³/mol. The Balaban J connectivity index is 1.09. The lowest BCUT2D eigenvalue weighted by Gasteiger charge is -2.36. The number of nitrogens with one attached hydrogen (secondary N) is 2. The van der Waals surface area contributed by atoms with Crippen molar-refractivity contribution in [2.24, 2.45) is 0 Å². The number of ether oxygens (including phenoxy) is 3. The minimum Gasteiger partial charge on any atom is -0.467 e. The van der Waals surface area contributed by atoms with Gasteiger partial charge in [-0.3, -0.25) is 0 Å². The number of aromatic nitrogens is 1. The van der Waals surface area contributed by atoms with Crippen molar-refractivity contribution in [1.82, 2.24) is 10.3 Å². The van der Waals surface area contributed by atoms with Gasteiger partial charge in [0.2, 0.25) is 0 Å². The smallest absolute Gasteiger partial charge is 0.328 e. The fourth-order valence-electron chi connectivity index (χ4n) is 6.40. The van der Waals surface area contributed by atoms with E-state index in [-0.39, 0.29) is 25.2 Å². The summed E-state index contributed by atoms with van der Waals surface area (Å²) < 4.78 is 24.5. The number of amides is 2. The van der Waals surface area contributed by atoms with Crippen molar-refractivity contribution in [2.45, 2.75) is 49.2 Å². The number of hydrogen-bond acceptors (Lipinski definition) is 9. The zero-order chi connectivity index (χ0) is 38.0. The molecule has 5 aromatic carbocycles. The zero-order valence-corrected chi connectivity index (χ0v) is 31.0. The van der Waals surface area contributed by atoms with Gasteiger partial charge in [-0.15, -0.1) is 0 Å². The Bertz CT molecular complexity index is 2110. The van der Waals surface area contributed by atoms with E-state index in [9.17, 15) is 14.7 Å². The van der Waals surface area contributed by atoms with E-state index in [0.29, 0.717) is 34.4 Å². The molecule has 0 saturated carbocycles. The number of benzene rings is 5. The highest BCUT2D eigenvalue weighted by atomic mass is 32.2. The second-order valence-corrected chi connectivity index (χ2v) is 14.0. The maximum atomic E-state index is 13.2. The largest absolute Gasteiger partial charge is 0.467 e. The van der Waals surface area contributed by atoms with Gasteiger partial charge in [0.25, 0.3) is 5.22 Å². The van der Waals surface area contributed by atoms with Gasteiger partial charge in [-0.1, -0.05) is 139 Å². The molecule has 3 N–H and O–H groups in total. The van der Waals surface area contributed by atoms with Crippen LogP contribution in [-0.4, -0.2) is 47.1 Å². The van der Waals surface area contributed by atoms with Crippen LogP contribution in [0.5, 0.6) is 0 Å². The van der Waals surface area contributed by atoms with E-state index in [4.69, 9.17) is 23.6 Å². The lowest BCUT2D eigenvalue weighted by atomic mass is 10.0. The molecule has 1 aliphatic rings. The number of carbonyl (C=O) groups excluding carboxylic acids is 2. The lowest BCUT2D eigenvalue weighted by Crippen LogP contribution is -2.45. The molecule has 11 heteroatoms. The maximum absolute atomic E-state index is 13.2. The minimum absolute atomic E-state index is 0.0527. The van der Waals surface area contributed by atoms with E-state index < -0.39 is 24.3 Å². The summed E-state index contributed by atoms with van der Waals surface area (Å²) >= 11 is 1.48. The minimum atomic E-state index is -0.881. The standard InChI is InChI=1S/C44H41N3O7S/c1-51-41(49)37(24-29-12-5-2-6-13-29)46-43(50)45-35-19-11-18-34(25-35)42-52-36(26-38(53-42)31-22-20-30(27-48)21-23-31)28-55-44-47-39(32-14-7-3-8-15-32)40(54-44)33-16-9-4-10-17-33/h2-23,25,36-38,42,48H,24,26-28H2,1H3,(H2,45,46,50)/t36-,37-,38+,42+/m0/s1. The summed E-state index contributed by atoms with van der Waals surface area (Å²) in [6.07, 6.45) is -0.509. The monoisotopic (exact) mass is 755 g/mol. The molecule has 280 valence electrons. The summed E-state index contributed by atoms with van der Waals surface area (Å²) in [4.78, 5) is 30.6. The van der Waals surface area contributed by atoms with E-state index in [1.54, 1.807) is 12.1 Å². The van der Waals surface area contributed by atoms with Crippen LogP contribution < -0.4 is 10.6 Å². The number of oxazole rings is 1. The third-order valence-electron chi connectivity index (χ3n) is 9.19. The van der Waals surface area contributed by atoms with E-state index in [0.717, 1.165) is 33.5 Å². The Morgan fingerprint density at radius 3 is 2.20 bits per heavy atom. The molecular formula is C44H41N3O7S. The summed E-state index contributed by atoms with van der Waals surface area (Å²) in [5.41, 5.74) is 6.51. The second-order valence-electron chi connectivity index (χ2n) is 13.0. The highest BCUT2D eigenvalue weighted by Gasteiger charge is 2.33. The Kier molecular flexibility index (Phi) is 12.4. The third-order valence-corrected chi connectivity index (χ3v) is 10.1. The maximum Gasteiger partial charge on any atom is 0.328 e. The van der Waals surface area contributed by atoms with Crippen molar-refractivity contribution >= 4 is 29.4 Å². The van der Waals surface area contributed by atoms with Gasteiger partial charge in [-0.25, -0.2) is 14.6 Å². The van der Waals surface area contributed by atoms with Crippen LogP contribution in [0.2, 0.25) is 0 Å². The predicted octanol–water partition coefficient (Wildman–Crippen LogP) is 8.74. The molecule has 2 heterocycles. The number of anilines is 1. The average molecular weight is 756 g/mol. The fraction of sp³-hybridized carbons (Fsp3) is 0.205. The molecule has 0 unspecified atom stereocenters. The molecule has 0 aliphatic carbocycles. The first-order valence-electron chi connectivity index (χ1n) is 18.0. The summed E-state index contributed by atoms with van der Waals surface area (Å²) in [7, 11) is 1.29. The molecule has 1 fully saturated rings. The fourth-order valence-corrected chi connectivity index (χ4v) is 7.24. The number of rotatable bonds is 13. The molecule has 0 bridgehead atoms. The number of aliphatic hydroxyl groups excluding tert-OH is 1. The van der Waals surface area contributed by atoms with Gasteiger partial charge in [0.15, 0.2) is 12.1 Å². The molecule has 10 nitrogen and oxygen atoms in total. The first-order valence-corrected chi connectivity index (χ1v) is 19.0. The first kappa shape index (κ1) is 37.6. The first-order chi connectivity index (χ1) is 26.9. The van der Waals surface area contributed by atoms with Crippen molar-refractivity contribution in [2.75, 3.05) is 18.2 Å². The van der Waals surface area contributed by atoms with Gasteiger partial charge in [0.1, 0.15) is 11.7 Å². The second kappa shape index (κ2) is 18.1. The Labute approximate surface area is 323 Å². The molecule has 1 aromatic heterocycles. The number of nitrogens with zero attached hydrogens (tertiary/aromatic N) is 1. The van der Waals surface area contributed by atoms with Gasteiger partial charge in [-0.05, 0) is 28.8 Å². The normalized spacial score (nSPS) is 17.2. The van der Waals surface area contributed by atoms with Crippen LogP contribution in [0, 0.1) is 0 Å². The van der Waals surface area contributed by atoms with Gasteiger partial charge < -0.3 is 34.4 Å². The molecule has 1 saturated heterocycles. The van der Waals surface area contributed by atoms with Crippen LogP contribution in [0.15, 0.2) is 149 Å². The third kappa shape index (κ3) is 9.69. The Morgan fingerprint density at radius 1 is 0.818 bits per heavy atom. The van der Waals surface area contributed by atoms with Crippen LogP contribution >= 0.6 is 11.8 Å². The van der Waals surface area contributed by atoms with Crippen LogP contribution in [-0.2, 0) is 32.0 Å². The number of aliphatic hydroxyl groups is 1. The Hall–Kier alpha value is -5.72. The summed E-state index contributed by atoms with van der Waals surface area (Å²) in [5, 5.41) is 15.8. The van der Waals surface area contributed by atoms with E-state index in [2.05, 4.69) is 10.6 Å². The number of esters is 1. The van der Waals surface area contributed by atoms with Crippen molar-refractivity contribution in [3.8, 4) is 22.6 Å². The molecule has 0 radical (unpaired) electrons. The van der Waals surface area contributed by atoms with E-state index in [1.165, 1.54) is 18.9 Å². The van der Waals surface area contributed by atoms with Crippen LogP contribution in [0.1, 0.15) is 41.1 Å². The quantitative estimate of drug-likeness (QED) is 0.0782. The SMILES string of the molecule is COC(=O)[C@H](Cc1ccccc1)NC(=O)Nc1cccc([C@@H]2O[C@H](CSc3nc(-c4ccccc4)c(-c4ccccc4)o3)C[C@H](c3ccc(CO)cc3)O2)c1. The molecule has 6 aromatic rings.